The van der Waals surface area contributed by atoms with Crippen LogP contribution in [0.4, 0.5) is 5.82 Å². The number of anilines is 1. The Hall–Kier alpha value is -3.63. The number of hydrogen-bond acceptors (Lipinski definition) is 9. The number of nitrogens with two attached hydrogens (primary N) is 3. The van der Waals surface area contributed by atoms with E-state index in [1.807, 2.05) is 0 Å². The van der Waals surface area contributed by atoms with Crippen molar-refractivity contribution in [3.63, 3.8) is 0 Å². The monoisotopic (exact) mass is 333 g/mol. The third-order valence-electron chi connectivity index (χ3n) is 2.69. The molecule has 1 aromatic carbocycles. The minimum atomic E-state index is -0.589. The number of amides is 1. The molecule has 0 radical (unpaired) electrons. The number of amidine groups is 1. The molecule has 11 heteroatoms. The zero-order valence-corrected chi connectivity index (χ0v) is 12.7. The molecule has 1 aromatic heterocycles. The van der Waals surface area contributed by atoms with Crippen LogP contribution in [0.15, 0.2) is 33.0 Å². The molecule has 0 atom stereocenters. The summed E-state index contributed by atoms with van der Waals surface area (Å²) in [5, 5.41) is 14.5. The Bertz CT molecular complexity index is 784. The van der Waals surface area contributed by atoms with Gasteiger partial charge in [-0.2, -0.15) is 5.10 Å². The molecule has 0 saturated heterocycles. The lowest BCUT2D eigenvalue weighted by Crippen LogP contribution is -2.20. The number of nitrogens with zero attached hydrogens (tertiary/aromatic N) is 4. The largest absolute Gasteiger partial charge is 0.493 e. The van der Waals surface area contributed by atoms with Gasteiger partial charge in [-0.1, -0.05) is 0 Å². The first-order chi connectivity index (χ1) is 11.5. The van der Waals surface area contributed by atoms with E-state index in [0.717, 1.165) is 0 Å². The molecule has 6 N–H and O–H groups in total. The molecule has 0 aliphatic heterocycles. The summed E-state index contributed by atoms with van der Waals surface area (Å²) in [7, 11) is 1.46. The fraction of sp³-hybridized carbons (Fsp3) is 0.154. The van der Waals surface area contributed by atoms with Crippen molar-refractivity contribution in [1.29, 1.82) is 0 Å². The topological polar surface area (TPSA) is 177 Å². The van der Waals surface area contributed by atoms with Crippen molar-refractivity contribution < 1.29 is 18.9 Å². The van der Waals surface area contributed by atoms with Crippen LogP contribution in [-0.4, -0.2) is 42.0 Å². The zero-order chi connectivity index (χ0) is 17.5. The summed E-state index contributed by atoms with van der Waals surface area (Å²) < 4.78 is 14.8. The van der Waals surface area contributed by atoms with Crippen molar-refractivity contribution in [2.75, 3.05) is 19.5 Å². The molecule has 1 heterocycles. The van der Waals surface area contributed by atoms with E-state index in [1.165, 1.54) is 13.3 Å². The van der Waals surface area contributed by atoms with Crippen molar-refractivity contribution in [3.8, 4) is 11.5 Å². The molecule has 0 spiro atoms. The number of primary amides is 1. The Kier molecular flexibility index (Phi) is 5.28. The van der Waals surface area contributed by atoms with E-state index >= 15 is 0 Å². The van der Waals surface area contributed by atoms with Gasteiger partial charge in [0.2, 0.25) is 0 Å². The summed E-state index contributed by atoms with van der Waals surface area (Å²) >= 11 is 0. The summed E-state index contributed by atoms with van der Waals surface area (Å²) in [6.45, 7) is -0.252. The first-order valence-corrected chi connectivity index (χ1v) is 6.55. The van der Waals surface area contributed by atoms with Crippen molar-refractivity contribution >= 4 is 23.8 Å². The van der Waals surface area contributed by atoms with Gasteiger partial charge in [0.1, 0.15) is 0 Å². The maximum Gasteiger partial charge on any atom is 0.255 e. The van der Waals surface area contributed by atoms with E-state index in [9.17, 15) is 4.79 Å². The molecule has 1 amide bonds. The highest BCUT2D eigenvalue weighted by Gasteiger charge is 2.10. The van der Waals surface area contributed by atoms with Gasteiger partial charge >= 0.3 is 0 Å². The molecule has 2 aromatic rings. The van der Waals surface area contributed by atoms with Crippen LogP contribution in [0.2, 0.25) is 0 Å². The van der Waals surface area contributed by atoms with Gasteiger partial charge in [-0.05, 0) is 34.1 Å². The van der Waals surface area contributed by atoms with E-state index in [4.69, 9.17) is 26.7 Å². The Balaban J connectivity index is 2.12. The van der Waals surface area contributed by atoms with Crippen molar-refractivity contribution in [3.05, 3.63) is 29.5 Å². The summed E-state index contributed by atoms with van der Waals surface area (Å²) in [6.07, 6.45) is 1.43. The lowest BCUT2D eigenvalue weighted by molar-refractivity contribution is -0.119. The highest BCUT2D eigenvalue weighted by Crippen LogP contribution is 2.27. The predicted octanol–water partition coefficient (Wildman–Crippen LogP) is -0.736. The molecule has 0 aliphatic carbocycles. The van der Waals surface area contributed by atoms with Gasteiger partial charge in [0.05, 0.1) is 13.3 Å². The summed E-state index contributed by atoms with van der Waals surface area (Å²) in [5.41, 5.74) is 16.9. The molecule has 0 unspecified atom stereocenters. The number of nitrogen functional groups attached to an aromatic ring is 1. The molecule has 0 fully saturated rings. The summed E-state index contributed by atoms with van der Waals surface area (Å²) in [4.78, 5) is 10.7. The number of carbonyl (C=O) groups is 1. The molecule has 0 saturated carbocycles. The van der Waals surface area contributed by atoms with Crippen LogP contribution in [0.5, 0.6) is 11.5 Å². The van der Waals surface area contributed by atoms with Crippen LogP contribution in [0.1, 0.15) is 11.3 Å². The second-order valence-electron chi connectivity index (χ2n) is 4.39. The normalized spacial score (nSPS) is 11.6. The van der Waals surface area contributed by atoms with E-state index in [0.29, 0.717) is 17.1 Å². The van der Waals surface area contributed by atoms with Crippen LogP contribution in [0.3, 0.4) is 0 Å². The Labute approximate surface area is 136 Å². The number of rotatable bonds is 7. The van der Waals surface area contributed by atoms with Crippen molar-refractivity contribution in [2.24, 2.45) is 21.7 Å². The molecular formula is C13H15N7O4. The summed E-state index contributed by atoms with van der Waals surface area (Å²) in [5.74, 6) is 0.163. The molecule has 24 heavy (non-hydrogen) atoms. The Morgan fingerprint density at radius 1 is 1.33 bits per heavy atom. The maximum absolute atomic E-state index is 10.7. The van der Waals surface area contributed by atoms with E-state index < -0.39 is 5.91 Å². The van der Waals surface area contributed by atoms with E-state index in [-0.39, 0.29) is 24.0 Å². The molecule has 0 bridgehead atoms. The maximum atomic E-state index is 10.7. The number of ether oxygens (including phenoxy) is 2. The summed E-state index contributed by atoms with van der Waals surface area (Å²) in [6, 6.07) is 4.92. The third kappa shape index (κ3) is 4.19. The van der Waals surface area contributed by atoms with Crippen LogP contribution in [-0.2, 0) is 4.79 Å². The second kappa shape index (κ2) is 7.58. The van der Waals surface area contributed by atoms with Gasteiger partial charge in [-0.25, -0.2) is 4.63 Å². The standard InChI is InChI=1S/C13H15N7O4/c1-22-9-4-7(2-3-8(9)23-6-10(14)21)5-17-18-12(15)11-13(16)20-24-19-11/h2-5H,6H2,1H3,(H2,14,21)(H2,15,18)(H2,16,20)/b17-5+. The van der Waals surface area contributed by atoms with E-state index in [1.54, 1.807) is 18.2 Å². The lowest BCUT2D eigenvalue weighted by atomic mass is 10.2. The first kappa shape index (κ1) is 16.7. The number of methoxy groups -OCH3 is 1. The number of benzene rings is 1. The smallest absolute Gasteiger partial charge is 0.255 e. The van der Waals surface area contributed by atoms with Crippen LogP contribution in [0, 0.1) is 0 Å². The first-order valence-electron chi connectivity index (χ1n) is 6.55. The second-order valence-corrected chi connectivity index (χ2v) is 4.39. The van der Waals surface area contributed by atoms with Crippen LogP contribution < -0.4 is 26.7 Å². The fourth-order valence-electron chi connectivity index (χ4n) is 1.61. The highest BCUT2D eigenvalue weighted by atomic mass is 16.6. The minimum absolute atomic E-state index is 0.0177. The minimum Gasteiger partial charge on any atom is -0.493 e. The molecular weight excluding hydrogens is 318 g/mol. The molecule has 126 valence electrons. The number of carbonyl (C=O) groups excluding carboxylic acids is 1. The number of aromatic nitrogens is 2. The van der Waals surface area contributed by atoms with Gasteiger partial charge in [-0.3, -0.25) is 4.79 Å². The van der Waals surface area contributed by atoms with Gasteiger partial charge in [-0.15, -0.1) is 5.10 Å². The predicted molar refractivity (Wildman–Crippen MR) is 84.7 cm³/mol. The van der Waals surface area contributed by atoms with Gasteiger partial charge in [0.15, 0.2) is 35.5 Å². The van der Waals surface area contributed by atoms with E-state index in [2.05, 4.69) is 25.1 Å². The van der Waals surface area contributed by atoms with Crippen LogP contribution in [0.25, 0.3) is 0 Å². The molecule has 2 rings (SSSR count). The average Bonchev–Trinajstić information content (AvgIpc) is 2.99. The Morgan fingerprint density at radius 2 is 2.12 bits per heavy atom. The fourth-order valence-corrected chi connectivity index (χ4v) is 1.61. The Morgan fingerprint density at radius 3 is 2.75 bits per heavy atom. The average molecular weight is 333 g/mol. The lowest BCUT2D eigenvalue weighted by Gasteiger charge is -2.09. The molecule has 0 aliphatic rings. The van der Waals surface area contributed by atoms with Crippen molar-refractivity contribution in [2.45, 2.75) is 0 Å². The quantitative estimate of drug-likeness (QED) is 0.337. The van der Waals surface area contributed by atoms with Gasteiger partial charge in [0.25, 0.3) is 5.91 Å². The third-order valence-corrected chi connectivity index (χ3v) is 2.69. The SMILES string of the molecule is COc1cc(/C=N/N=C(\N)c2nonc2N)ccc1OCC(N)=O. The van der Waals surface area contributed by atoms with Crippen molar-refractivity contribution in [1.82, 2.24) is 10.3 Å². The van der Waals surface area contributed by atoms with Gasteiger partial charge < -0.3 is 26.7 Å². The molecule has 11 nitrogen and oxygen atoms in total. The zero-order valence-electron chi connectivity index (χ0n) is 12.7. The highest BCUT2D eigenvalue weighted by molar-refractivity contribution is 5.99. The van der Waals surface area contributed by atoms with Gasteiger partial charge in [0, 0.05) is 0 Å². The van der Waals surface area contributed by atoms with Crippen LogP contribution >= 0.6 is 0 Å². The number of hydrogen-bond donors (Lipinski definition) is 3.